The lowest BCUT2D eigenvalue weighted by Gasteiger charge is -2.36. The van der Waals surface area contributed by atoms with Crippen molar-refractivity contribution in [1.29, 1.82) is 0 Å². The molecule has 1 aromatic heterocycles. The predicted octanol–water partition coefficient (Wildman–Crippen LogP) is 3.59. The van der Waals surface area contributed by atoms with Crippen molar-refractivity contribution in [2.24, 2.45) is 5.92 Å². The molecule has 2 fully saturated rings. The summed E-state index contributed by atoms with van der Waals surface area (Å²) in [6.07, 6.45) is 8.55. The van der Waals surface area contributed by atoms with Crippen LogP contribution in [0.4, 0.5) is 16.3 Å². The number of nitrogens with one attached hydrogen (secondary N) is 1. The fourth-order valence-electron chi connectivity index (χ4n) is 4.62. The molecule has 2 atom stereocenters. The van der Waals surface area contributed by atoms with Gasteiger partial charge in [0.25, 0.3) is 0 Å². The monoisotopic (exact) mass is 432 g/mol. The third-order valence-electron chi connectivity index (χ3n) is 6.21. The van der Waals surface area contributed by atoms with Gasteiger partial charge < -0.3 is 19.3 Å². The van der Waals surface area contributed by atoms with E-state index in [0.29, 0.717) is 24.3 Å². The number of nitrogens with zero attached hydrogens (tertiary/aromatic N) is 3. The summed E-state index contributed by atoms with van der Waals surface area (Å²) in [7, 11) is 0. The fraction of sp³-hybridized carbons (Fsp3) is 0.696. The molecule has 0 bridgehead atoms. The van der Waals surface area contributed by atoms with Gasteiger partial charge in [-0.15, -0.1) is 0 Å². The zero-order valence-electron chi connectivity index (χ0n) is 18.8. The van der Waals surface area contributed by atoms with E-state index in [4.69, 9.17) is 9.47 Å². The summed E-state index contributed by atoms with van der Waals surface area (Å²) in [5, 5.41) is 2.71. The van der Waals surface area contributed by atoms with Gasteiger partial charge in [0.2, 0.25) is 6.41 Å². The number of ether oxygens (including phenoxy) is 2. The summed E-state index contributed by atoms with van der Waals surface area (Å²) in [5.74, 6) is 1.50. The quantitative estimate of drug-likeness (QED) is 0.632. The molecule has 1 aromatic rings. The zero-order valence-corrected chi connectivity index (χ0v) is 18.8. The first-order chi connectivity index (χ1) is 15.1. The van der Waals surface area contributed by atoms with E-state index in [-0.39, 0.29) is 0 Å². The van der Waals surface area contributed by atoms with E-state index in [0.717, 1.165) is 82.7 Å². The third-order valence-corrected chi connectivity index (χ3v) is 6.21. The number of carbonyl (C=O) groups excluding carboxylic acids is 2. The summed E-state index contributed by atoms with van der Waals surface area (Å²) in [4.78, 5) is 32.3. The topological polar surface area (TPSA) is 84.0 Å². The number of aryl methyl sites for hydroxylation is 1. The molecule has 0 radical (unpaired) electrons. The Labute approximate surface area is 185 Å². The van der Waals surface area contributed by atoms with Gasteiger partial charge in [-0.25, -0.2) is 9.78 Å². The lowest BCUT2D eigenvalue weighted by atomic mass is 9.94. The molecule has 0 spiro atoms. The number of amides is 2. The predicted molar refractivity (Wildman–Crippen MR) is 120 cm³/mol. The minimum atomic E-state index is -0.463. The van der Waals surface area contributed by atoms with Crippen molar-refractivity contribution in [2.45, 2.75) is 58.4 Å². The number of aromatic nitrogens is 1. The Hall–Kier alpha value is -2.35. The summed E-state index contributed by atoms with van der Waals surface area (Å²) in [5.41, 5.74) is 1.67. The molecular weight excluding hydrogens is 396 g/mol. The molecule has 1 N–H and O–H groups in total. The highest BCUT2D eigenvalue weighted by molar-refractivity contribution is 5.84. The number of carbonyl (C=O) groups is 2. The lowest BCUT2D eigenvalue weighted by Crippen LogP contribution is -2.40. The standard InChI is InChI=1S/C23H36N4O4/c1-3-31-23(29)25-20-14-18(2)22(24-15-20)26-10-4-6-19(16-26)8-11-27(17-28)21-7-5-12-30-13-9-21/h14-15,17,19,21H,3-13,16H2,1-2H3,(H,25,29). The van der Waals surface area contributed by atoms with E-state index < -0.39 is 6.09 Å². The molecule has 2 amide bonds. The van der Waals surface area contributed by atoms with E-state index >= 15 is 0 Å². The smallest absolute Gasteiger partial charge is 0.411 e. The summed E-state index contributed by atoms with van der Waals surface area (Å²) in [6, 6.07) is 2.24. The average Bonchev–Trinajstić information content (AvgIpc) is 3.04. The second-order valence-corrected chi connectivity index (χ2v) is 8.49. The summed E-state index contributed by atoms with van der Waals surface area (Å²) in [6.45, 7) is 8.41. The van der Waals surface area contributed by atoms with Crippen molar-refractivity contribution in [3.63, 3.8) is 0 Å². The van der Waals surface area contributed by atoms with E-state index in [1.165, 1.54) is 6.42 Å². The fourth-order valence-corrected chi connectivity index (χ4v) is 4.62. The number of anilines is 2. The Bertz CT molecular complexity index is 722. The SMILES string of the molecule is CCOC(=O)Nc1cnc(N2CCCC(CCN(C=O)C3CCCOCC3)C2)c(C)c1. The van der Waals surface area contributed by atoms with Crippen LogP contribution in [0.1, 0.15) is 51.0 Å². The highest BCUT2D eigenvalue weighted by atomic mass is 16.5. The van der Waals surface area contributed by atoms with Gasteiger partial charge in [-0.2, -0.15) is 0 Å². The molecule has 2 aliphatic rings. The molecule has 2 aliphatic heterocycles. The minimum absolute atomic E-state index is 0.308. The molecule has 0 aromatic carbocycles. The first-order valence-electron chi connectivity index (χ1n) is 11.5. The minimum Gasteiger partial charge on any atom is -0.450 e. The van der Waals surface area contributed by atoms with Gasteiger partial charge in [0.05, 0.1) is 18.5 Å². The van der Waals surface area contributed by atoms with Crippen molar-refractivity contribution in [3.8, 4) is 0 Å². The molecule has 8 heteroatoms. The number of pyridine rings is 1. The normalized spacial score (nSPS) is 21.8. The number of hydrogen-bond donors (Lipinski definition) is 1. The van der Waals surface area contributed by atoms with Gasteiger partial charge in [-0.1, -0.05) is 0 Å². The van der Waals surface area contributed by atoms with Gasteiger partial charge in [-0.05, 0) is 69.9 Å². The molecule has 3 heterocycles. The van der Waals surface area contributed by atoms with Crippen LogP contribution >= 0.6 is 0 Å². The maximum Gasteiger partial charge on any atom is 0.411 e. The number of hydrogen-bond acceptors (Lipinski definition) is 6. The largest absolute Gasteiger partial charge is 0.450 e. The van der Waals surface area contributed by atoms with Crippen molar-refractivity contribution >= 4 is 24.0 Å². The van der Waals surface area contributed by atoms with Crippen LogP contribution in [0, 0.1) is 12.8 Å². The molecule has 3 rings (SSSR count). The van der Waals surface area contributed by atoms with Gasteiger partial charge in [0.15, 0.2) is 0 Å². The molecular formula is C23H36N4O4. The second-order valence-electron chi connectivity index (χ2n) is 8.49. The Morgan fingerprint density at radius 2 is 2.23 bits per heavy atom. The van der Waals surface area contributed by atoms with Crippen LogP contribution in [0.3, 0.4) is 0 Å². The first-order valence-corrected chi connectivity index (χ1v) is 11.5. The van der Waals surface area contributed by atoms with Crippen molar-refractivity contribution in [1.82, 2.24) is 9.88 Å². The highest BCUT2D eigenvalue weighted by Gasteiger charge is 2.25. The maximum atomic E-state index is 11.7. The Morgan fingerprint density at radius 1 is 1.35 bits per heavy atom. The Kier molecular flexibility index (Phi) is 8.94. The first kappa shape index (κ1) is 23.3. The van der Waals surface area contributed by atoms with Crippen LogP contribution in [0.25, 0.3) is 0 Å². The van der Waals surface area contributed by atoms with Gasteiger partial charge in [0.1, 0.15) is 5.82 Å². The van der Waals surface area contributed by atoms with Crippen LogP contribution in [-0.4, -0.2) is 67.9 Å². The van der Waals surface area contributed by atoms with Crippen molar-refractivity contribution < 1.29 is 19.1 Å². The molecule has 0 saturated carbocycles. The lowest BCUT2D eigenvalue weighted by molar-refractivity contribution is -0.120. The molecule has 2 unspecified atom stereocenters. The highest BCUT2D eigenvalue weighted by Crippen LogP contribution is 2.28. The van der Waals surface area contributed by atoms with E-state index in [2.05, 4.69) is 15.2 Å². The maximum absolute atomic E-state index is 11.7. The zero-order chi connectivity index (χ0) is 22.1. The molecule has 8 nitrogen and oxygen atoms in total. The van der Waals surface area contributed by atoms with Gasteiger partial charge in [0, 0.05) is 38.9 Å². The summed E-state index contributed by atoms with van der Waals surface area (Å²) >= 11 is 0. The van der Waals surface area contributed by atoms with Gasteiger partial charge >= 0.3 is 6.09 Å². The van der Waals surface area contributed by atoms with E-state index in [1.807, 2.05) is 17.9 Å². The third kappa shape index (κ3) is 6.82. The van der Waals surface area contributed by atoms with E-state index in [1.54, 1.807) is 13.1 Å². The van der Waals surface area contributed by atoms with Crippen LogP contribution in [0.5, 0.6) is 0 Å². The molecule has 2 saturated heterocycles. The summed E-state index contributed by atoms with van der Waals surface area (Å²) < 4.78 is 10.5. The van der Waals surface area contributed by atoms with E-state index in [9.17, 15) is 9.59 Å². The van der Waals surface area contributed by atoms with Crippen LogP contribution < -0.4 is 10.2 Å². The van der Waals surface area contributed by atoms with Crippen LogP contribution in [0.2, 0.25) is 0 Å². The van der Waals surface area contributed by atoms with Crippen LogP contribution in [0.15, 0.2) is 12.3 Å². The Balaban J connectivity index is 1.54. The van der Waals surface area contributed by atoms with Gasteiger partial charge in [-0.3, -0.25) is 10.1 Å². The van der Waals surface area contributed by atoms with Crippen molar-refractivity contribution in [3.05, 3.63) is 17.8 Å². The van der Waals surface area contributed by atoms with Crippen molar-refractivity contribution in [2.75, 3.05) is 49.7 Å². The number of rotatable bonds is 8. The average molecular weight is 433 g/mol. The van der Waals surface area contributed by atoms with Crippen LogP contribution in [-0.2, 0) is 14.3 Å². The number of piperidine rings is 1. The molecule has 31 heavy (non-hydrogen) atoms. The second kappa shape index (κ2) is 11.9. The molecule has 0 aliphatic carbocycles. The molecule has 172 valence electrons. The Morgan fingerprint density at radius 3 is 3.00 bits per heavy atom.